The van der Waals surface area contributed by atoms with Gasteiger partial charge in [-0.15, -0.1) is 0 Å². The Balaban J connectivity index is 2.44. The van der Waals surface area contributed by atoms with E-state index in [4.69, 9.17) is 9.52 Å². The highest BCUT2D eigenvalue weighted by molar-refractivity contribution is 5.81. The van der Waals surface area contributed by atoms with E-state index in [1.807, 2.05) is 0 Å². The van der Waals surface area contributed by atoms with Crippen molar-refractivity contribution in [3.8, 4) is 0 Å². The van der Waals surface area contributed by atoms with Crippen LogP contribution in [0.3, 0.4) is 0 Å². The van der Waals surface area contributed by atoms with Gasteiger partial charge in [0.2, 0.25) is 0 Å². The molecule has 1 rings (SSSR count). The van der Waals surface area contributed by atoms with Crippen molar-refractivity contribution in [2.24, 2.45) is 0 Å². The molecule has 4 nitrogen and oxygen atoms in total. The van der Waals surface area contributed by atoms with Crippen molar-refractivity contribution in [3.05, 3.63) is 17.8 Å². The van der Waals surface area contributed by atoms with Gasteiger partial charge in [0.25, 0.3) is 0 Å². The van der Waals surface area contributed by atoms with E-state index in [1.54, 1.807) is 0 Å². The molecular formula is C9H13NO3. The molecule has 0 radical (unpaired) electrons. The molecule has 0 saturated carbocycles. The summed E-state index contributed by atoms with van der Waals surface area (Å²) in [6.45, 7) is 2.11. The van der Waals surface area contributed by atoms with Gasteiger partial charge in [-0.3, -0.25) is 0 Å². The number of aromatic nitrogens is 1. The molecule has 1 aromatic rings. The van der Waals surface area contributed by atoms with Crippen LogP contribution >= 0.6 is 0 Å². The normalized spacial score (nSPS) is 10.2. The lowest BCUT2D eigenvalue weighted by Gasteiger charge is -1.93. The Morgan fingerprint density at radius 2 is 2.38 bits per heavy atom. The molecule has 0 fully saturated rings. The molecule has 0 aromatic carbocycles. The van der Waals surface area contributed by atoms with E-state index < -0.39 is 5.97 Å². The second-order valence-corrected chi connectivity index (χ2v) is 2.89. The summed E-state index contributed by atoms with van der Waals surface area (Å²) in [7, 11) is 0. The number of hydrogen-bond donors (Lipinski definition) is 1. The first kappa shape index (κ1) is 9.77. The van der Waals surface area contributed by atoms with Gasteiger partial charge in [0.1, 0.15) is 5.76 Å². The Kier molecular flexibility index (Phi) is 3.49. The summed E-state index contributed by atoms with van der Waals surface area (Å²) in [5.41, 5.74) is 0. The van der Waals surface area contributed by atoms with Gasteiger partial charge >= 0.3 is 11.9 Å². The van der Waals surface area contributed by atoms with Crippen LogP contribution in [0.15, 0.2) is 10.6 Å². The molecule has 72 valence electrons. The van der Waals surface area contributed by atoms with Crippen LogP contribution in [-0.2, 0) is 6.42 Å². The summed E-state index contributed by atoms with van der Waals surface area (Å²) >= 11 is 0. The topological polar surface area (TPSA) is 63.3 Å². The van der Waals surface area contributed by atoms with Gasteiger partial charge in [-0.05, 0) is 6.42 Å². The summed E-state index contributed by atoms with van der Waals surface area (Å²) in [5, 5.41) is 8.51. The van der Waals surface area contributed by atoms with Crippen molar-refractivity contribution >= 4 is 5.97 Å². The molecule has 1 aromatic heterocycles. The third kappa shape index (κ3) is 2.89. The fourth-order valence-corrected chi connectivity index (χ4v) is 1.07. The van der Waals surface area contributed by atoms with E-state index in [2.05, 4.69) is 11.9 Å². The first-order chi connectivity index (χ1) is 6.24. The molecule has 0 bridgehead atoms. The van der Waals surface area contributed by atoms with E-state index in [9.17, 15) is 4.79 Å². The fourth-order valence-electron chi connectivity index (χ4n) is 1.07. The minimum Gasteiger partial charge on any atom is -0.474 e. The molecule has 0 aliphatic rings. The lowest BCUT2D eigenvalue weighted by Crippen LogP contribution is -1.94. The zero-order valence-electron chi connectivity index (χ0n) is 7.62. The smallest absolute Gasteiger partial charge is 0.392 e. The minimum absolute atomic E-state index is 0.216. The van der Waals surface area contributed by atoms with E-state index in [1.165, 1.54) is 6.20 Å². The van der Waals surface area contributed by atoms with E-state index in [0.717, 1.165) is 25.7 Å². The molecule has 1 N–H and O–H groups in total. The van der Waals surface area contributed by atoms with E-state index in [0.29, 0.717) is 5.76 Å². The predicted octanol–water partition coefficient (Wildman–Crippen LogP) is 2.11. The second kappa shape index (κ2) is 4.64. The molecule has 0 aliphatic heterocycles. The highest BCUT2D eigenvalue weighted by Crippen LogP contribution is 2.08. The van der Waals surface area contributed by atoms with Gasteiger partial charge in [0.15, 0.2) is 0 Å². The Labute approximate surface area is 76.6 Å². The number of rotatable bonds is 5. The molecule has 4 heteroatoms. The number of oxazole rings is 1. The maximum Gasteiger partial charge on any atom is 0.392 e. The third-order valence-corrected chi connectivity index (χ3v) is 1.76. The summed E-state index contributed by atoms with van der Waals surface area (Å²) in [4.78, 5) is 14.0. The van der Waals surface area contributed by atoms with Crippen molar-refractivity contribution in [2.45, 2.75) is 32.6 Å². The SMILES string of the molecule is CCCCCc1cnc(C(=O)O)o1. The van der Waals surface area contributed by atoms with Gasteiger partial charge in [0, 0.05) is 6.42 Å². The van der Waals surface area contributed by atoms with Gasteiger partial charge in [-0.2, -0.15) is 0 Å². The molecule has 0 amide bonds. The molecule has 0 spiro atoms. The lowest BCUT2D eigenvalue weighted by molar-refractivity contribution is 0.0651. The summed E-state index contributed by atoms with van der Waals surface area (Å²) in [6.07, 6.45) is 5.54. The first-order valence-corrected chi connectivity index (χ1v) is 4.42. The first-order valence-electron chi connectivity index (χ1n) is 4.42. The zero-order chi connectivity index (χ0) is 9.68. The summed E-state index contributed by atoms with van der Waals surface area (Å²) in [5.74, 6) is -0.668. The van der Waals surface area contributed by atoms with Crippen LogP contribution in [0.1, 0.15) is 42.6 Å². The predicted molar refractivity (Wildman–Crippen MR) is 46.7 cm³/mol. The summed E-state index contributed by atoms with van der Waals surface area (Å²) in [6, 6.07) is 0. The van der Waals surface area contributed by atoms with Gasteiger partial charge in [-0.1, -0.05) is 19.8 Å². The van der Waals surface area contributed by atoms with E-state index >= 15 is 0 Å². The Morgan fingerprint density at radius 1 is 1.62 bits per heavy atom. The largest absolute Gasteiger partial charge is 0.474 e. The van der Waals surface area contributed by atoms with Gasteiger partial charge < -0.3 is 9.52 Å². The van der Waals surface area contributed by atoms with E-state index in [-0.39, 0.29) is 5.89 Å². The number of unbranched alkanes of at least 4 members (excludes halogenated alkanes) is 2. The number of nitrogens with zero attached hydrogens (tertiary/aromatic N) is 1. The lowest BCUT2D eigenvalue weighted by atomic mass is 10.2. The number of aryl methyl sites for hydroxylation is 1. The molecule has 0 unspecified atom stereocenters. The standard InChI is InChI=1S/C9H13NO3/c1-2-3-4-5-7-6-10-8(13-7)9(11)12/h6H,2-5H2,1H3,(H,11,12). The number of carboxylic acids is 1. The Bertz CT molecular complexity index is 280. The number of carboxylic acid groups (broad SMARTS) is 1. The van der Waals surface area contributed by atoms with Crippen LogP contribution in [0.25, 0.3) is 0 Å². The van der Waals surface area contributed by atoms with Crippen molar-refractivity contribution in [3.63, 3.8) is 0 Å². The molecule has 1 heterocycles. The zero-order valence-corrected chi connectivity index (χ0v) is 7.62. The maximum atomic E-state index is 10.4. The molecule has 13 heavy (non-hydrogen) atoms. The highest BCUT2D eigenvalue weighted by atomic mass is 16.4. The van der Waals surface area contributed by atoms with Crippen LogP contribution in [0.5, 0.6) is 0 Å². The van der Waals surface area contributed by atoms with Crippen LogP contribution in [0, 0.1) is 0 Å². The monoisotopic (exact) mass is 183 g/mol. The van der Waals surface area contributed by atoms with Crippen molar-refractivity contribution < 1.29 is 14.3 Å². The van der Waals surface area contributed by atoms with Crippen molar-refractivity contribution in [1.29, 1.82) is 0 Å². The average Bonchev–Trinajstić information content (AvgIpc) is 2.53. The van der Waals surface area contributed by atoms with Crippen LogP contribution in [-0.4, -0.2) is 16.1 Å². The van der Waals surface area contributed by atoms with Gasteiger partial charge in [-0.25, -0.2) is 9.78 Å². The fraction of sp³-hybridized carbons (Fsp3) is 0.556. The quantitative estimate of drug-likeness (QED) is 0.710. The van der Waals surface area contributed by atoms with Gasteiger partial charge in [0.05, 0.1) is 6.20 Å². The number of carbonyl (C=O) groups is 1. The maximum absolute atomic E-state index is 10.4. The van der Waals surface area contributed by atoms with Crippen molar-refractivity contribution in [2.75, 3.05) is 0 Å². The number of hydrogen-bond acceptors (Lipinski definition) is 3. The second-order valence-electron chi connectivity index (χ2n) is 2.89. The van der Waals surface area contributed by atoms with Crippen LogP contribution < -0.4 is 0 Å². The molecule has 0 atom stereocenters. The molecule has 0 aliphatic carbocycles. The van der Waals surface area contributed by atoms with Crippen molar-refractivity contribution in [1.82, 2.24) is 4.98 Å². The Hall–Kier alpha value is -1.32. The number of aromatic carboxylic acids is 1. The third-order valence-electron chi connectivity index (χ3n) is 1.76. The summed E-state index contributed by atoms with van der Waals surface area (Å²) < 4.78 is 4.98. The van der Waals surface area contributed by atoms with Crippen LogP contribution in [0.4, 0.5) is 0 Å². The Morgan fingerprint density at radius 3 is 2.92 bits per heavy atom. The average molecular weight is 183 g/mol. The minimum atomic E-state index is -1.11. The molecule has 0 saturated heterocycles. The van der Waals surface area contributed by atoms with Crippen LogP contribution in [0.2, 0.25) is 0 Å². The highest BCUT2D eigenvalue weighted by Gasteiger charge is 2.10. The molecular weight excluding hydrogens is 170 g/mol.